The van der Waals surface area contributed by atoms with Crippen molar-refractivity contribution >= 4 is 23.1 Å². The van der Waals surface area contributed by atoms with E-state index in [4.69, 9.17) is 20.4 Å². The Kier molecular flexibility index (Phi) is 7.28. The van der Waals surface area contributed by atoms with Crippen LogP contribution >= 0.6 is 0 Å². The van der Waals surface area contributed by atoms with Crippen molar-refractivity contribution < 1.29 is 9.53 Å². The number of ether oxygens (including phenoxy) is 1. The topological polar surface area (TPSA) is 102 Å². The van der Waals surface area contributed by atoms with Crippen LogP contribution in [0.4, 0.5) is 10.6 Å². The van der Waals surface area contributed by atoms with Crippen molar-refractivity contribution in [1.82, 2.24) is 29.3 Å². The Morgan fingerprint density at radius 2 is 1.69 bits per heavy atom. The van der Waals surface area contributed by atoms with Crippen LogP contribution in [0.5, 0.6) is 0 Å². The molecule has 9 nitrogen and oxygen atoms in total. The van der Waals surface area contributed by atoms with E-state index in [1.807, 2.05) is 68.1 Å². The number of likely N-dealkylation sites (tertiary alicyclic amines) is 2. The molecular formula is C36H39N7O2. The van der Waals surface area contributed by atoms with E-state index < -0.39 is 5.60 Å². The molecule has 0 saturated carbocycles. The summed E-state index contributed by atoms with van der Waals surface area (Å²) in [5.74, 6) is 1.13. The Morgan fingerprint density at radius 3 is 2.44 bits per heavy atom. The zero-order chi connectivity index (χ0) is 31.2. The molecule has 7 rings (SSSR count). The van der Waals surface area contributed by atoms with Gasteiger partial charge in [0.25, 0.3) is 0 Å². The first kappa shape index (κ1) is 29.0. The van der Waals surface area contributed by atoms with E-state index in [0.717, 1.165) is 79.2 Å². The maximum atomic E-state index is 12.7. The number of nitrogen functional groups attached to an aromatic ring is 1. The number of benzene rings is 2. The molecule has 2 saturated heterocycles. The fraction of sp³-hybridized carbons (Fsp3) is 0.333. The zero-order valence-corrected chi connectivity index (χ0v) is 26.1. The van der Waals surface area contributed by atoms with Crippen molar-refractivity contribution in [3.63, 3.8) is 0 Å². The van der Waals surface area contributed by atoms with Crippen molar-refractivity contribution in [3.8, 4) is 28.3 Å². The number of nitrogens with zero attached hydrogens (tertiary/aromatic N) is 6. The van der Waals surface area contributed by atoms with Gasteiger partial charge in [0.1, 0.15) is 16.9 Å². The van der Waals surface area contributed by atoms with Gasteiger partial charge in [-0.2, -0.15) is 0 Å². The zero-order valence-electron chi connectivity index (χ0n) is 26.1. The summed E-state index contributed by atoms with van der Waals surface area (Å²) in [4.78, 5) is 31.5. The van der Waals surface area contributed by atoms with Gasteiger partial charge in [0, 0.05) is 49.0 Å². The predicted octanol–water partition coefficient (Wildman–Crippen LogP) is 6.56. The van der Waals surface area contributed by atoms with Crippen LogP contribution in [-0.2, 0) is 11.3 Å². The van der Waals surface area contributed by atoms with Gasteiger partial charge in [-0.15, -0.1) is 0 Å². The minimum Gasteiger partial charge on any atom is -0.444 e. The van der Waals surface area contributed by atoms with E-state index >= 15 is 0 Å². The van der Waals surface area contributed by atoms with E-state index in [1.54, 1.807) is 6.20 Å². The summed E-state index contributed by atoms with van der Waals surface area (Å²) in [5, 5.41) is 0. The van der Waals surface area contributed by atoms with Crippen LogP contribution < -0.4 is 5.73 Å². The van der Waals surface area contributed by atoms with Gasteiger partial charge < -0.3 is 15.4 Å². The Balaban J connectivity index is 1.14. The highest BCUT2D eigenvalue weighted by Crippen LogP contribution is 2.40. The number of rotatable bonds is 5. The van der Waals surface area contributed by atoms with Gasteiger partial charge in [0.15, 0.2) is 11.5 Å². The summed E-state index contributed by atoms with van der Waals surface area (Å²) in [6, 6.07) is 26.7. The highest BCUT2D eigenvalue weighted by Gasteiger charge is 2.45. The molecule has 2 N–H and O–H groups in total. The lowest BCUT2D eigenvalue weighted by Gasteiger charge is -2.27. The van der Waals surface area contributed by atoms with Crippen molar-refractivity contribution in [1.29, 1.82) is 0 Å². The third-order valence-corrected chi connectivity index (χ3v) is 8.86. The molecule has 1 spiro atoms. The Morgan fingerprint density at radius 1 is 0.911 bits per heavy atom. The normalized spacial score (nSPS) is 18.7. The second-order valence-corrected chi connectivity index (χ2v) is 13.4. The first-order chi connectivity index (χ1) is 21.7. The lowest BCUT2D eigenvalue weighted by Crippen LogP contribution is -2.37. The number of hydrogen-bond acceptors (Lipinski definition) is 7. The third-order valence-electron chi connectivity index (χ3n) is 8.86. The molecule has 0 bridgehead atoms. The van der Waals surface area contributed by atoms with Gasteiger partial charge >= 0.3 is 6.09 Å². The summed E-state index contributed by atoms with van der Waals surface area (Å²) in [6.07, 6.45) is 3.61. The molecule has 2 aliphatic heterocycles. The summed E-state index contributed by atoms with van der Waals surface area (Å²) < 4.78 is 7.72. The molecule has 0 unspecified atom stereocenters. The number of imidazole rings is 1. The molecule has 1 atom stereocenters. The number of carbonyl (C=O) groups excluding carboxylic acids is 1. The maximum absolute atomic E-state index is 12.7. The molecule has 2 aliphatic rings. The molecule has 45 heavy (non-hydrogen) atoms. The minimum absolute atomic E-state index is 0.146. The van der Waals surface area contributed by atoms with Crippen molar-refractivity contribution in [2.24, 2.45) is 5.41 Å². The number of anilines is 1. The second kappa shape index (κ2) is 11.3. The molecule has 0 aliphatic carbocycles. The fourth-order valence-corrected chi connectivity index (χ4v) is 6.68. The number of fused-ring (bicyclic) bond motifs is 1. The van der Waals surface area contributed by atoms with Gasteiger partial charge in [0.05, 0.1) is 11.3 Å². The molecule has 0 radical (unpaired) electrons. The molecule has 2 aromatic carbocycles. The number of hydrogen-bond donors (Lipinski definition) is 1. The van der Waals surface area contributed by atoms with Crippen LogP contribution in [0.25, 0.3) is 39.5 Å². The van der Waals surface area contributed by atoms with Crippen LogP contribution in [0.2, 0.25) is 0 Å². The van der Waals surface area contributed by atoms with E-state index in [-0.39, 0.29) is 11.5 Å². The van der Waals surface area contributed by atoms with Gasteiger partial charge in [0.2, 0.25) is 0 Å². The lowest BCUT2D eigenvalue weighted by molar-refractivity contribution is 0.0274. The summed E-state index contributed by atoms with van der Waals surface area (Å²) in [7, 11) is 0. The van der Waals surface area contributed by atoms with Crippen molar-refractivity contribution in [2.75, 3.05) is 31.9 Å². The molecule has 9 heteroatoms. The largest absolute Gasteiger partial charge is 0.444 e. The smallest absolute Gasteiger partial charge is 0.410 e. The van der Waals surface area contributed by atoms with E-state index in [2.05, 4.69) is 50.8 Å². The summed E-state index contributed by atoms with van der Waals surface area (Å²) >= 11 is 0. The Labute approximate surface area is 263 Å². The highest BCUT2D eigenvalue weighted by molar-refractivity contribution is 5.84. The molecule has 5 aromatic rings. The number of nitrogens with two attached hydrogens (primary N) is 1. The average Bonchev–Trinajstić information content (AvgIpc) is 3.74. The van der Waals surface area contributed by atoms with E-state index in [9.17, 15) is 4.79 Å². The van der Waals surface area contributed by atoms with Gasteiger partial charge in [-0.3, -0.25) is 9.47 Å². The average molecular weight is 602 g/mol. The minimum atomic E-state index is -0.477. The Hall–Kier alpha value is -4.76. The third kappa shape index (κ3) is 5.88. The summed E-state index contributed by atoms with van der Waals surface area (Å²) in [6.45, 7) is 10.2. The quantitative estimate of drug-likeness (QED) is 0.243. The SMILES string of the molecule is CC(C)(C)OC(=O)N1CC[C@@]2(CCN(Cc3ccc(-n4c(-c5cccnc5N)nc5ccc(-c6ccccc6)nc54)cc3)C2)C1. The number of amides is 1. The van der Waals surface area contributed by atoms with Crippen LogP contribution in [0, 0.1) is 5.41 Å². The van der Waals surface area contributed by atoms with Crippen LogP contribution in [0.3, 0.4) is 0 Å². The van der Waals surface area contributed by atoms with E-state index in [1.165, 1.54) is 5.56 Å². The molecular weight excluding hydrogens is 562 g/mol. The standard InChI is InChI=1S/C36H39N7O2/c1-35(2,3)45-34(44)42-21-18-36(24-42)17-20-41(23-36)22-25-11-13-27(14-12-25)43-32(28-10-7-19-38-31(28)37)40-30-16-15-29(39-33(30)43)26-8-5-4-6-9-26/h4-16,19H,17-18,20-24H2,1-3H3,(H2,37,38)/t36-/m1/s1. The van der Waals surface area contributed by atoms with Crippen LogP contribution in [0.1, 0.15) is 39.2 Å². The van der Waals surface area contributed by atoms with Gasteiger partial charge in [-0.25, -0.2) is 19.7 Å². The van der Waals surface area contributed by atoms with Crippen molar-refractivity contribution in [2.45, 2.75) is 45.8 Å². The predicted molar refractivity (Wildman–Crippen MR) is 177 cm³/mol. The molecule has 5 heterocycles. The number of carbonyl (C=O) groups is 1. The molecule has 2 fully saturated rings. The number of aromatic nitrogens is 4. The lowest BCUT2D eigenvalue weighted by atomic mass is 9.86. The highest BCUT2D eigenvalue weighted by atomic mass is 16.6. The second-order valence-electron chi connectivity index (χ2n) is 13.4. The maximum Gasteiger partial charge on any atom is 0.410 e. The van der Waals surface area contributed by atoms with Gasteiger partial charge in [-0.1, -0.05) is 42.5 Å². The Bertz CT molecular complexity index is 1850. The van der Waals surface area contributed by atoms with E-state index in [0.29, 0.717) is 11.6 Å². The first-order valence-corrected chi connectivity index (χ1v) is 15.6. The molecule has 230 valence electrons. The monoisotopic (exact) mass is 601 g/mol. The van der Waals surface area contributed by atoms with Crippen LogP contribution in [0.15, 0.2) is 85.1 Å². The van der Waals surface area contributed by atoms with Crippen LogP contribution in [-0.4, -0.2) is 67.2 Å². The molecule has 3 aromatic heterocycles. The number of pyridine rings is 2. The summed E-state index contributed by atoms with van der Waals surface area (Å²) in [5.41, 5.74) is 12.4. The fourth-order valence-electron chi connectivity index (χ4n) is 6.68. The first-order valence-electron chi connectivity index (χ1n) is 15.6. The van der Waals surface area contributed by atoms with Crippen molar-refractivity contribution in [3.05, 3.63) is 90.6 Å². The molecule has 1 amide bonds. The van der Waals surface area contributed by atoms with Gasteiger partial charge in [-0.05, 0) is 82.1 Å².